The van der Waals surface area contributed by atoms with Gasteiger partial charge in [0.15, 0.2) is 6.10 Å². The van der Waals surface area contributed by atoms with Gasteiger partial charge in [-0.25, -0.2) is 0 Å². The van der Waals surface area contributed by atoms with E-state index < -0.39 is 6.10 Å². The average Bonchev–Trinajstić information content (AvgIpc) is 3.37. The lowest BCUT2D eigenvalue weighted by Gasteiger charge is -2.18. The fourth-order valence-corrected chi connectivity index (χ4v) is 10.2. The fourth-order valence-electron chi connectivity index (χ4n) is 10.2. The Hall–Kier alpha value is -1.59. The molecule has 0 aliphatic rings. The predicted octanol–water partition coefficient (Wildman–Crippen LogP) is 21.9. The van der Waals surface area contributed by atoms with Gasteiger partial charge >= 0.3 is 17.9 Å². The summed E-state index contributed by atoms with van der Waals surface area (Å²) in [6.07, 6.45) is 69.8. The van der Waals surface area contributed by atoms with E-state index >= 15 is 0 Å². The summed E-state index contributed by atoms with van der Waals surface area (Å²) in [4.78, 5) is 38.2. The summed E-state index contributed by atoms with van der Waals surface area (Å²) in [6.45, 7) is 6.71. The van der Waals surface area contributed by atoms with Crippen molar-refractivity contribution >= 4 is 17.9 Å². The molecule has 0 heterocycles. The molecule has 0 amide bonds. The van der Waals surface area contributed by atoms with Gasteiger partial charge in [0.2, 0.25) is 0 Å². The first kappa shape index (κ1) is 69.4. The number of carbonyl (C=O) groups excluding carboxylic acids is 3. The lowest BCUT2D eigenvalue weighted by molar-refractivity contribution is -0.167. The number of rotatable bonds is 61. The SMILES string of the molecule is CCCCCCCCCCCCCCCCCCCCCCCCCCC(=O)OCC(COC(=O)CCCCCCCCCCCC)OC(=O)CCCCCCCCCCCCCCCCCCCCC. The van der Waals surface area contributed by atoms with Crippen molar-refractivity contribution in [1.82, 2.24) is 0 Å². The Morgan fingerprint density at radius 2 is 0.380 bits per heavy atom. The van der Waals surface area contributed by atoms with Crippen LogP contribution in [0.4, 0.5) is 0 Å². The molecule has 0 N–H and O–H groups in total. The summed E-state index contributed by atoms with van der Waals surface area (Å²) in [7, 11) is 0. The highest BCUT2D eigenvalue weighted by Crippen LogP contribution is 2.19. The number of hydrogen-bond acceptors (Lipinski definition) is 6. The minimum Gasteiger partial charge on any atom is -0.462 e. The summed E-state index contributed by atoms with van der Waals surface area (Å²) in [5, 5.41) is 0. The van der Waals surface area contributed by atoms with Crippen molar-refractivity contribution in [2.24, 2.45) is 0 Å². The highest BCUT2D eigenvalue weighted by atomic mass is 16.6. The largest absolute Gasteiger partial charge is 0.462 e. The molecule has 0 aromatic rings. The quantitative estimate of drug-likeness (QED) is 0.0343. The van der Waals surface area contributed by atoms with Crippen LogP contribution in [0.3, 0.4) is 0 Å². The van der Waals surface area contributed by atoms with Crippen LogP contribution in [0, 0.1) is 0 Å². The lowest BCUT2D eigenvalue weighted by atomic mass is 10.0. The molecule has 422 valence electrons. The Balaban J connectivity index is 4.14. The molecule has 0 spiro atoms. The van der Waals surface area contributed by atoms with Crippen LogP contribution in [0.25, 0.3) is 0 Å². The van der Waals surface area contributed by atoms with Crippen LogP contribution in [-0.4, -0.2) is 37.2 Å². The fraction of sp³-hybridized carbons (Fsp3) is 0.954. The first-order chi connectivity index (χ1) is 35.0. The van der Waals surface area contributed by atoms with Gasteiger partial charge in [0, 0.05) is 19.3 Å². The van der Waals surface area contributed by atoms with E-state index in [0.29, 0.717) is 19.3 Å². The van der Waals surface area contributed by atoms with E-state index in [9.17, 15) is 14.4 Å². The van der Waals surface area contributed by atoms with E-state index in [0.717, 1.165) is 57.8 Å². The van der Waals surface area contributed by atoms with Gasteiger partial charge in [-0.05, 0) is 19.3 Å². The van der Waals surface area contributed by atoms with Gasteiger partial charge in [-0.2, -0.15) is 0 Å². The van der Waals surface area contributed by atoms with Crippen LogP contribution in [0.2, 0.25) is 0 Å². The van der Waals surface area contributed by atoms with Gasteiger partial charge in [0.1, 0.15) is 13.2 Å². The molecule has 0 bridgehead atoms. The molecule has 71 heavy (non-hydrogen) atoms. The summed E-state index contributed by atoms with van der Waals surface area (Å²) in [5.74, 6) is -0.829. The van der Waals surface area contributed by atoms with Gasteiger partial charge in [0.25, 0.3) is 0 Å². The van der Waals surface area contributed by atoms with Gasteiger partial charge in [0.05, 0.1) is 0 Å². The van der Waals surface area contributed by atoms with Gasteiger partial charge in [-0.15, -0.1) is 0 Å². The third-order valence-electron chi connectivity index (χ3n) is 15.1. The number of esters is 3. The topological polar surface area (TPSA) is 78.9 Å². The van der Waals surface area contributed by atoms with Gasteiger partial charge in [-0.3, -0.25) is 14.4 Å². The second-order valence-corrected chi connectivity index (χ2v) is 22.4. The Labute approximate surface area is 444 Å². The maximum Gasteiger partial charge on any atom is 0.306 e. The zero-order valence-corrected chi connectivity index (χ0v) is 48.5. The van der Waals surface area contributed by atoms with Crippen LogP contribution < -0.4 is 0 Å². The molecule has 0 aromatic carbocycles. The van der Waals surface area contributed by atoms with E-state index in [1.54, 1.807) is 0 Å². The maximum absolute atomic E-state index is 12.9. The third kappa shape index (κ3) is 59.2. The highest BCUT2D eigenvalue weighted by molar-refractivity contribution is 5.71. The molecule has 0 aliphatic carbocycles. The lowest BCUT2D eigenvalue weighted by Crippen LogP contribution is -2.30. The minimum atomic E-state index is -0.761. The summed E-state index contributed by atoms with van der Waals surface area (Å²) < 4.78 is 16.9. The molecular weight excluding hydrogens is 877 g/mol. The van der Waals surface area contributed by atoms with Crippen molar-refractivity contribution in [3.63, 3.8) is 0 Å². The second kappa shape index (κ2) is 61.0. The van der Waals surface area contributed by atoms with Crippen LogP contribution in [0.15, 0.2) is 0 Å². The number of ether oxygens (including phenoxy) is 3. The van der Waals surface area contributed by atoms with Crippen LogP contribution in [0.5, 0.6) is 0 Å². The summed E-state index contributed by atoms with van der Waals surface area (Å²) >= 11 is 0. The number of carbonyl (C=O) groups is 3. The normalized spacial score (nSPS) is 11.9. The van der Waals surface area contributed by atoms with Gasteiger partial charge in [-0.1, -0.05) is 342 Å². The standard InChI is InChI=1S/C65H126O6/c1-4-7-10-13-16-19-22-24-26-28-30-31-32-33-34-36-37-39-41-43-46-49-52-55-58-64(67)70-61-62(60-69-63(66)57-54-51-48-45-21-18-15-12-9-6-3)71-65(68)59-56-53-50-47-44-42-40-38-35-29-27-25-23-20-17-14-11-8-5-2/h62H,4-61H2,1-3H3. The van der Waals surface area contributed by atoms with Crippen LogP contribution in [-0.2, 0) is 28.6 Å². The van der Waals surface area contributed by atoms with Crippen molar-refractivity contribution in [3.05, 3.63) is 0 Å². The smallest absolute Gasteiger partial charge is 0.306 e. The molecule has 0 aliphatic heterocycles. The molecule has 0 aromatic heterocycles. The first-order valence-electron chi connectivity index (χ1n) is 32.5. The molecule has 0 fully saturated rings. The molecule has 0 saturated heterocycles. The highest BCUT2D eigenvalue weighted by Gasteiger charge is 2.19. The monoisotopic (exact) mass is 1000 g/mol. The Kier molecular flexibility index (Phi) is 59.6. The number of unbranched alkanes of at least 4 members (excludes halogenated alkanes) is 50. The zero-order chi connectivity index (χ0) is 51.4. The maximum atomic E-state index is 12.9. The molecule has 0 saturated carbocycles. The molecule has 0 rings (SSSR count). The summed E-state index contributed by atoms with van der Waals surface area (Å²) in [5.41, 5.74) is 0. The van der Waals surface area contributed by atoms with E-state index in [1.807, 2.05) is 0 Å². The van der Waals surface area contributed by atoms with Crippen molar-refractivity contribution in [3.8, 4) is 0 Å². The van der Waals surface area contributed by atoms with Crippen LogP contribution in [0.1, 0.15) is 380 Å². The van der Waals surface area contributed by atoms with Crippen molar-refractivity contribution in [2.45, 2.75) is 386 Å². The van der Waals surface area contributed by atoms with E-state index in [4.69, 9.17) is 14.2 Å². The second-order valence-electron chi connectivity index (χ2n) is 22.4. The van der Waals surface area contributed by atoms with Crippen LogP contribution >= 0.6 is 0 Å². The van der Waals surface area contributed by atoms with Crippen molar-refractivity contribution in [2.75, 3.05) is 13.2 Å². The summed E-state index contributed by atoms with van der Waals surface area (Å²) in [6, 6.07) is 0. The molecule has 1 unspecified atom stereocenters. The Bertz CT molecular complexity index is 1060. The van der Waals surface area contributed by atoms with E-state index in [2.05, 4.69) is 20.8 Å². The third-order valence-corrected chi connectivity index (χ3v) is 15.1. The Morgan fingerprint density at radius 1 is 0.225 bits per heavy atom. The minimum absolute atomic E-state index is 0.0608. The average molecular weight is 1000 g/mol. The molecular formula is C65H126O6. The van der Waals surface area contributed by atoms with Gasteiger partial charge < -0.3 is 14.2 Å². The molecule has 0 radical (unpaired) electrons. The Morgan fingerprint density at radius 3 is 0.563 bits per heavy atom. The predicted molar refractivity (Wildman–Crippen MR) is 307 cm³/mol. The van der Waals surface area contributed by atoms with Crippen molar-refractivity contribution in [1.29, 1.82) is 0 Å². The number of hydrogen-bond donors (Lipinski definition) is 0. The van der Waals surface area contributed by atoms with Crippen molar-refractivity contribution < 1.29 is 28.6 Å². The van der Waals surface area contributed by atoms with E-state index in [1.165, 1.54) is 283 Å². The molecule has 6 heteroatoms. The first-order valence-corrected chi connectivity index (χ1v) is 32.5. The molecule has 6 nitrogen and oxygen atoms in total. The van der Waals surface area contributed by atoms with E-state index in [-0.39, 0.29) is 31.1 Å². The molecule has 1 atom stereocenters. The zero-order valence-electron chi connectivity index (χ0n) is 48.5.